The van der Waals surface area contributed by atoms with Crippen LogP contribution in [-0.2, 0) is 30.9 Å². The number of carbonyl (C=O) groups excluding carboxylic acids is 2. The van der Waals surface area contributed by atoms with Crippen LogP contribution in [0.15, 0.2) is 54.6 Å². The molecule has 1 aliphatic heterocycles. The first-order chi connectivity index (χ1) is 14.7. The average molecular weight is 439 g/mol. The molecule has 0 fully saturated rings. The molecule has 1 aliphatic rings. The molecular formula is C22H22N4O4S. The summed E-state index contributed by atoms with van der Waals surface area (Å²) in [7, 11) is -3.33. The van der Waals surface area contributed by atoms with Gasteiger partial charge in [-0.2, -0.15) is 5.10 Å². The van der Waals surface area contributed by atoms with E-state index < -0.39 is 21.7 Å². The third kappa shape index (κ3) is 4.36. The Balaban J connectivity index is 1.61. The highest BCUT2D eigenvalue weighted by Crippen LogP contribution is 2.33. The van der Waals surface area contributed by atoms with Gasteiger partial charge in [-0.15, -0.1) is 0 Å². The molecular weight excluding hydrogens is 416 g/mol. The lowest BCUT2D eigenvalue weighted by Crippen LogP contribution is -2.37. The minimum atomic E-state index is -3.33. The van der Waals surface area contributed by atoms with Crippen LogP contribution in [0.5, 0.6) is 0 Å². The lowest BCUT2D eigenvalue weighted by molar-refractivity contribution is -0.136. The molecule has 31 heavy (non-hydrogen) atoms. The second-order valence-electron chi connectivity index (χ2n) is 7.62. The quantitative estimate of drug-likeness (QED) is 0.608. The van der Waals surface area contributed by atoms with E-state index in [2.05, 4.69) is 15.7 Å². The fraction of sp³-hybridized carbons (Fsp3) is 0.227. The van der Waals surface area contributed by atoms with Gasteiger partial charge in [-0.05, 0) is 37.1 Å². The molecule has 0 saturated heterocycles. The highest BCUT2D eigenvalue weighted by molar-refractivity contribution is 7.90. The van der Waals surface area contributed by atoms with E-state index in [0.29, 0.717) is 16.9 Å². The van der Waals surface area contributed by atoms with Gasteiger partial charge in [0.15, 0.2) is 9.84 Å². The van der Waals surface area contributed by atoms with Crippen molar-refractivity contribution in [3.05, 3.63) is 77.0 Å². The van der Waals surface area contributed by atoms with Crippen LogP contribution in [0.1, 0.15) is 35.3 Å². The second-order valence-corrected chi connectivity index (χ2v) is 9.68. The smallest absolute Gasteiger partial charge is 0.314 e. The van der Waals surface area contributed by atoms with Gasteiger partial charge in [-0.3, -0.25) is 9.59 Å². The summed E-state index contributed by atoms with van der Waals surface area (Å²) in [5.74, 6) is -1.92. The number of nitrogens with zero attached hydrogens (tertiary/aromatic N) is 2. The van der Waals surface area contributed by atoms with Crippen molar-refractivity contribution >= 4 is 27.5 Å². The van der Waals surface area contributed by atoms with E-state index in [4.69, 9.17) is 0 Å². The second kappa shape index (κ2) is 7.99. The Morgan fingerprint density at radius 3 is 2.48 bits per heavy atom. The van der Waals surface area contributed by atoms with Crippen LogP contribution in [0.4, 0.5) is 5.82 Å². The van der Waals surface area contributed by atoms with E-state index in [1.165, 1.54) is 4.68 Å². The molecule has 160 valence electrons. The molecule has 1 aromatic heterocycles. The Kier molecular flexibility index (Phi) is 5.36. The number of benzene rings is 2. The molecule has 0 saturated carbocycles. The molecule has 2 aromatic carbocycles. The van der Waals surface area contributed by atoms with Crippen molar-refractivity contribution in [2.75, 3.05) is 5.32 Å². The standard InChI is InChI=1S/C22H22N4O4S/c1-14-7-6-10-17(11-14)26-20(18-12-31(29,30)13-19(18)25-26)24-22(28)21(27)23-15(2)16-8-4-3-5-9-16/h3-11,15H,12-13H2,1-2H3,(H,23,27)(H,24,28)/t15-/m0/s1. The van der Waals surface area contributed by atoms with Crippen molar-refractivity contribution in [3.8, 4) is 5.69 Å². The normalized spacial score (nSPS) is 15.2. The summed E-state index contributed by atoms with van der Waals surface area (Å²) >= 11 is 0. The van der Waals surface area contributed by atoms with Crippen LogP contribution in [0.25, 0.3) is 5.69 Å². The zero-order valence-corrected chi connectivity index (χ0v) is 17.9. The lowest BCUT2D eigenvalue weighted by Gasteiger charge is -2.15. The highest BCUT2D eigenvalue weighted by atomic mass is 32.2. The van der Waals surface area contributed by atoms with Crippen molar-refractivity contribution in [3.63, 3.8) is 0 Å². The molecule has 3 aromatic rings. The number of hydrogen-bond acceptors (Lipinski definition) is 5. The van der Waals surface area contributed by atoms with E-state index in [9.17, 15) is 18.0 Å². The molecule has 2 heterocycles. The van der Waals surface area contributed by atoms with Crippen molar-refractivity contribution in [2.24, 2.45) is 0 Å². The number of aryl methyl sites for hydroxylation is 1. The Hall–Kier alpha value is -3.46. The van der Waals surface area contributed by atoms with Crippen molar-refractivity contribution in [1.29, 1.82) is 0 Å². The topological polar surface area (TPSA) is 110 Å². The van der Waals surface area contributed by atoms with Gasteiger partial charge >= 0.3 is 11.8 Å². The summed E-state index contributed by atoms with van der Waals surface area (Å²) in [6, 6.07) is 16.3. The highest BCUT2D eigenvalue weighted by Gasteiger charge is 2.34. The first-order valence-electron chi connectivity index (χ1n) is 9.78. The van der Waals surface area contributed by atoms with Crippen LogP contribution < -0.4 is 10.6 Å². The van der Waals surface area contributed by atoms with E-state index in [1.54, 1.807) is 13.0 Å². The summed E-state index contributed by atoms with van der Waals surface area (Å²) in [6.45, 7) is 3.70. The molecule has 1 atom stereocenters. The minimum absolute atomic E-state index is 0.193. The van der Waals surface area contributed by atoms with Gasteiger partial charge in [0.25, 0.3) is 0 Å². The zero-order valence-electron chi connectivity index (χ0n) is 17.1. The van der Waals surface area contributed by atoms with Crippen molar-refractivity contribution in [1.82, 2.24) is 15.1 Å². The van der Waals surface area contributed by atoms with Crippen molar-refractivity contribution < 1.29 is 18.0 Å². The van der Waals surface area contributed by atoms with Crippen LogP contribution in [-0.4, -0.2) is 30.0 Å². The lowest BCUT2D eigenvalue weighted by atomic mass is 10.1. The maximum Gasteiger partial charge on any atom is 0.314 e. The van der Waals surface area contributed by atoms with Crippen LogP contribution in [0.3, 0.4) is 0 Å². The molecule has 0 unspecified atom stereocenters. The molecule has 9 heteroatoms. The number of anilines is 1. The first-order valence-corrected chi connectivity index (χ1v) is 11.6. The third-order valence-corrected chi connectivity index (χ3v) is 6.56. The van der Waals surface area contributed by atoms with E-state index >= 15 is 0 Å². The number of nitrogens with one attached hydrogen (secondary N) is 2. The summed E-state index contributed by atoms with van der Waals surface area (Å²) in [5, 5.41) is 9.66. The summed E-state index contributed by atoms with van der Waals surface area (Å²) in [5.41, 5.74) is 3.31. The van der Waals surface area contributed by atoms with Crippen LogP contribution in [0.2, 0.25) is 0 Å². The van der Waals surface area contributed by atoms with Gasteiger partial charge in [0.1, 0.15) is 5.82 Å². The molecule has 0 bridgehead atoms. The Morgan fingerprint density at radius 2 is 1.77 bits per heavy atom. The van der Waals surface area contributed by atoms with Gasteiger partial charge < -0.3 is 10.6 Å². The Morgan fingerprint density at radius 1 is 1.03 bits per heavy atom. The number of fused-ring (bicyclic) bond motifs is 1. The molecule has 2 amide bonds. The van der Waals surface area contributed by atoms with Gasteiger partial charge in [0.05, 0.1) is 28.9 Å². The average Bonchev–Trinajstić information content (AvgIpc) is 3.21. The largest absolute Gasteiger partial charge is 0.341 e. The first kappa shape index (κ1) is 20.8. The van der Waals surface area contributed by atoms with Gasteiger partial charge in [0.2, 0.25) is 0 Å². The fourth-order valence-electron chi connectivity index (χ4n) is 3.57. The van der Waals surface area contributed by atoms with Gasteiger partial charge in [-0.25, -0.2) is 13.1 Å². The predicted octanol–water partition coefficient (Wildman–Crippen LogP) is 2.43. The van der Waals surface area contributed by atoms with E-state index in [1.807, 2.05) is 55.5 Å². The zero-order chi connectivity index (χ0) is 22.2. The SMILES string of the molecule is Cc1cccc(-n2nc3c(c2NC(=O)C(=O)N[C@@H](C)c2ccccc2)CS(=O)(=O)C3)c1. The number of hydrogen-bond donors (Lipinski definition) is 2. The van der Waals surface area contributed by atoms with Crippen LogP contribution >= 0.6 is 0 Å². The third-order valence-electron chi connectivity index (χ3n) is 5.12. The number of amides is 2. The monoisotopic (exact) mass is 438 g/mol. The summed E-state index contributed by atoms with van der Waals surface area (Å²) < 4.78 is 25.7. The molecule has 0 radical (unpaired) electrons. The van der Waals surface area contributed by atoms with Crippen molar-refractivity contribution in [2.45, 2.75) is 31.4 Å². The van der Waals surface area contributed by atoms with Gasteiger partial charge in [0, 0.05) is 5.56 Å². The molecule has 4 rings (SSSR count). The number of rotatable bonds is 4. The fourth-order valence-corrected chi connectivity index (χ4v) is 5.06. The molecule has 0 aliphatic carbocycles. The molecule has 2 N–H and O–H groups in total. The minimum Gasteiger partial charge on any atom is -0.341 e. The van der Waals surface area contributed by atoms with Gasteiger partial charge in [-0.1, -0.05) is 42.5 Å². The Labute approximate surface area is 180 Å². The van der Waals surface area contributed by atoms with E-state index in [-0.39, 0.29) is 23.4 Å². The molecule has 0 spiro atoms. The van der Waals surface area contributed by atoms with E-state index in [0.717, 1.165) is 11.1 Å². The molecule has 8 nitrogen and oxygen atoms in total. The number of sulfone groups is 1. The Bertz CT molecular complexity index is 1270. The summed E-state index contributed by atoms with van der Waals surface area (Å²) in [6.07, 6.45) is 0. The maximum absolute atomic E-state index is 12.7. The maximum atomic E-state index is 12.7. The van der Waals surface area contributed by atoms with Crippen LogP contribution in [0, 0.1) is 6.92 Å². The summed E-state index contributed by atoms with van der Waals surface area (Å²) in [4.78, 5) is 25.2. The number of aromatic nitrogens is 2. The number of carbonyl (C=O) groups is 2. The predicted molar refractivity (Wildman–Crippen MR) is 116 cm³/mol.